The Balaban J connectivity index is 0.000000217. The third-order valence-electron chi connectivity index (χ3n) is 7.22. The topological polar surface area (TPSA) is 46.2 Å². The van der Waals surface area contributed by atoms with E-state index in [1.807, 2.05) is 41.3 Å². The number of amides is 1. The van der Waals surface area contributed by atoms with Gasteiger partial charge in [0.25, 0.3) is 0 Å². The maximum atomic E-state index is 11.1. The monoisotopic (exact) mass is 705 g/mol. The Labute approximate surface area is 279 Å². The van der Waals surface area contributed by atoms with Crippen molar-refractivity contribution in [1.29, 1.82) is 0 Å². The van der Waals surface area contributed by atoms with E-state index in [-0.39, 0.29) is 10.6 Å². The fourth-order valence-corrected chi connectivity index (χ4v) is 11.2. The van der Waals surface area contributed by atoms with Gasteiger partial charge in [-0.15, -0.1) is 32.8 Å². The number of nitrogens with one attached hydrogen (secondary N) is 1. The van der Waals surface area contributed by atoms with Gasteiger partial charge in [0.05, 0.1) is 4.08 Å². The van der Waals surface area contributed by atoms with E-state index in [2.05, 4.69) is 68.4 Å². The maximum absolute atomic E-state index is 11.1. The zero-order valence-corrected chi connectivity index (χ0v) is 29.3. The molecule has 2 aliphatic heterocycles. The van der Waals surface area contributed by atoms with Crippen molar-refractivity contribution in [3.8, 4) is 0 Å². The fourth-order valence-electron chi connectivity index (χ4n) is 5.12. The Morgan fingerprint density at radius 2 is 1.52 bits per heavy atom. The number of hydrogen-bond acceptors (Lipinski definition) is 5. The molecule has 0 radical (unpaired) electrons. The Kier molecular flexibility index (Phi) is 19.3. The number of Topliss-reactive ketones (excluding diaryl/α,β-unsaturated/α-hetero) is 1. The van der Waals surface area contributed by atoms with Gasteiger partial charge in [-0.05, 0) is 65.9 Å². The first kappa shape index (κ1) is 39.1. The predicted octanol–water partition coefficient (Wildman–Crippen LogP) is 4.43. The Morgan fingerprint density at radius 1 is 0.909 bits per heavy atom. The van der Waals surface area contributed by atoms with E-state index in [4.69, 9.17) is 0 Å². The lowest BCUT2D eigenvalue weighted by molar-refractivity contribution is -0.120. The van der Waals surface area contributed by atoms with Crippen LogP contribution in [0.25, 0.3) is 0 Å². The van der Waals surface area contributed by atoms with Gasteiger partial charge < -0.3 is 10.0 Å². The first-order valence-corrected chi connectivity index (χ1v) is 19.5. The molecule has 242 valence electrons. The molecule has 1 atom stereocenters. The van der Waals surface area contributed by atoms with Crippen LogP contribution in [0.3, 0.4) is 0 Å². The Bertz CT molecular complexity index is 1200. The lowest BCUT2D eigenvalue weighted by atomic mass is 9.91. The van der Waals surface area contributed by atoms with Crippen molar-refractivity contribution >= 4 is 79.3 Å². The number of ketones is 1. The van der Waals surface area contributed by atoms with Crippen LogP contribution in [0, 0.1) is 0 Å². The van der Waals surface area contributed by atoms with Crippen molar-refractivity contribution in [2.45, 2.75) is 68.3 Å². The van der Waals surface area contributed by atoms with Gasteiger partial charge >= 0.3 is 7.54 Å². The third-order valence-corrected chi connectivity index (χ3v) is 13.6. The van der Waals surface area contributed by atoms with Crippen LogP contribution in [0.4, 0.5) is 12.9 Å². The molecule has 2 aromatic rings. The van der Waals surface area contributed by atoms with E-state index in [0.717, 1.165) is 19.3 Å². The number of thioether (sulfide) groups is 3. The predicted molar refractivity (Wildman–Crippen MR) is 190 cm³/mol. The van der Waals surface area contributed by atoms with Gasteiger partial charge in [-0.1, -0.05) is 60.3 Å². The number of aryl methyl sites for hydroxylation is 2. The lowest BCUT2D eigenvalue weighted by Gasteiger charge is -2.39. The SMILES string of the molecule is FB(F)F.O=C(CCC1=[S+]CCCS1)NCP.O=C1CCc2ccccc2C1.[F-].c1ccc2c(c1)CCC1(C2)SCCCS1. The molecule has 1 fully saturated rings. The van der Waals surface area contributed by atoms with Gasteiger partial charge in [0.1, 0.15) is 5.78 Å². The summed E-state index contributed by atoms with van der Waals surface area (Å²) in [5.74, 6) is 5.74. The van der Waals surface area contributed by atoms with Crippen LogP contribution in [0.15, 0.2) is 48.5 Å². The van der Waals surface area contributed by atoms with Crippen LogP contribution in [0.5, 0.6) is 0 Å². The molecule has 1 spiro atoms. The fraction of sp³-hybridized carbons (Fsp3) is 0.516. The molecule has 13 heteroatoms. The number of carbonyl (C=O) groups excluding carboxylic acids is 2. The summed E-state index contributed by atoms with van der Waals surface area (Å²) in [6.45, 7) is 0. The second-order valence-electron chi connectivity index (χ2n) is 10.4. The number of fused-ring (bicyclic) bond motifs is 2. The summed E-state index contributed by atoms with van der Waals surface area (Å²) in [5.41, 5.74) is 5.77. The second kappa shape index (κ2) is 21.7. The average molecular weight is 706 g/mol. The smallest absolute Gasteiger partial charge is 0.762 e. The second-order valence-corrected chi connectivity index (χ2v) is 16.6. The highest BCUT2D eigenvalue weighted by Crippen LogP contribution is 2.50. The molecule has 3 nitrogen and oxygen atoms in total. The summed E-state index contributed by atoms with van der Waals surface area (Å²) in [4.78, 5) is 22.2. The minimum absolute atomic E-state index is 0. The molecule has 0 saturated carbocycles. The van der Waals surface area contributed by atoms with Crippen molar-refractivity contribution in [3.63, 3.8) is 0 Å². The molecule has 1 amide bonds. The van der Waals surface area contributed by atoms with E-state index >= 15 is 0 Å². The minimum atomic E-state index is -3.67. The molecule has 2 aliphatic carbocycles. The van der Waals surface area contributed by atoms with Crippen LogP contribution in [0.2, 0.25) is 0 Å². The molecule has 0 aromatic heterocycles. The van der Waals surface area contributed by atoms with Gasteiger partial charge in [0.2, 0.25) is 10.1 Å². The summed E-state index contributed by atoms with van der Waals surface area (Å²) in [5, 5.41) is 2.78. The van der Waals surface area contributed by atoms with Gasteiger partial charge in [-0.3, -0.25) is 22.5 Å². The van der Waals surface area contributed by atoms with Crippen LogP contribution >= 0.6 is 44.5 Å². The molecule has 1 unspecified atom stereocenters. The van der Waals surface area contributed by atoms with E-state index in [1.54, 1.807) is 11.1 Å². The van der Waals surface area contributed by atoms with Gasteiger partial charge in [-0.25, -0.2) is 0 Å². The van der Waals surface area contributed by atoms with Crippen LogP contribution in [0.1, 0.15) is 60.8 Å². The summed E-state index contributed by atoms with van der Waals surface area (Å²) in [6.07, 6.45) is 11.2. The van der Waals surface area contributed by atoms with Gasteiger partial charge in [0.15, 0.2) is 17.1 Å². The van der Waals surface area contributed by atoms with Crippen molar-refractivity contribution < 1.29 is 27.2 Å². The summed E-state index contributed by atoms with van der Waals surface area (Å²) in [6, 6.07) is 17.2. The quantitative estimate of drug-likeness (QED) is 0.168. The number of carbonyl (C=O) groups is 2. The molecule has 0 bridgehead atoms. The number of halogens is 4. The summed E-state index contributed by atoms with van der Waals surface area (Å²) < 4.78 is 31.0. The normalized spacial score (nSPS) is 17.6. The van der Waals surface area contributed by atoms with Crippen molar-refractivity contribution in [1.82, 2.24) is 5.32 Å². The maximum Gasteiger partial charge on any atom is 0.762 e. The number of hydrogen-bond donors (Lipinski definition) is 1. The summed E-state index contributed by atoms with van der Waals surface area (Å²) >= 11 is 8.26. The zero-order valence-electron chi connectivity index (χ0n) is 24.8. The lowest BCUT2D eigenvalue weighted by Crippen LogP contribution is -3.00. The molecule has 1 saturated heterocycles. The molecule has 2 aromatic carbocycles. The molecule has 6 rings (SSSR count). The Morgan fingerprint density at radius 3 is 2.14 bits per heavy atom. The number of rotatable bonds is 4. The van der Waals surface area contributed by atoms with Gasteiger partial charge in [-0.2, -0.15) is 0 Å². The molecule has 44 heavy (non-hydrogen) atoms. The first-order chi connectivity index (χ1) is 20.8. The molecule has 1 N–H and O–H groups in total. The first-order valence-electron chi connectivity index (χ1n) is 14.7. The third kappa shape index (κ3) is 14.6. The van der Waals surface area contributed by atoms with Crippen LogP contribution < -0.4 is 10.0 Å². The summed E-state index contributed by atoms with van der Waals surface area (Å²) in [7, 11) is -1.17. The van der Waals surface area contributed by atoms with Gasteiger partial charge in [0, 0.05) is 44.1 Å². The van der Waals surface area contributed by atoms with E-state index in [1.165, 1.54) is 70.4 Å². The zero-order chi connectivity index (χ0) is 30.9. The van der Waals surface area contributed by atoms with E-state index < -0.39 is 7.54 Å². The highest BCUT2D eigenvalue weighted by atomic mass is 32.2. The highest BCUT2D eigenvalue weighted by molar-refractivity contribution is 8.22. The van der Waals surface area contributed by atoms with E-state index in [9.17, 15) is 22.5 Å². The Hall–Kier alpha value is -1.07. The molecular weight excluding hydrogens is 664 g/mol. The molecule has 4 aliphatic rings. The largest absolute Gasteiger partial charge is 1.00 e. The van der Waals surface area contributed by atoms with Crippen molar-refractivity contribution in [2.75, 3.05) is 29.3 Å². The number of benzene rings is 2. The standard InChI is InChI=1S/C13H16S2.C10H10O.C8H14NOPS2.BF3.FH/c1-2-5-12-10-13(7-6-11(12)4-1)14-8-3-9-15-13;11-10-6-5-8-3-1-2-4-9(8)7-10;10-7(9-6-11)2-3-8-12-4-1-5-13-8;2-1(3)4;/h1-2,4-5H,3,6-10H2;1-4H,5-7H2;1-6,11H2;;1H. The minimum Gasteiger partial charge on any atom is -1.00 e. The van der Waals surface area contributed by atoms with Crippen molar-refractivity contribution in [3.05, 3.63) is 70.8 Å². The van der Waals surface area contributed by atoms with E-state index in [0.29, 0.717) is 29.0 Å². The van der Waals surface area contributed by atoms with Crippen molar-refractivity contribution in [2.24, 2.45) is 0 Å². The molecule has 2 heterocycles. The average Bonchev–Trinajstić information content (AvgIpc) is 3.01. The van der Waals surface area contributed by atoms with Crippen LogP contribution in [-0.2, 0) is 46.6 Å². The van der Waals surface area contributed by atoms with Crippen LogP contribution in [-0.4, -0.2) is 56.8 Å². The molecular formula is C31H41BF4NO2PS4. The highest BCUT2D eigenvalue weighted by Gasteiger charge is 2.36.